The van der Waals surface area contributed by atoms with Crippen LogP contribution in [0.25, 0.3) is 33.0 Å². The molecule has 0 bridgehead atoms. The van der Waals surface area contributed by atoms with Crippen molar-refractivity contribution in [3.8, 4) is 22.3 Å². The summed E-state index contributed by atoms with van der Waals surface area (Å²) < 4.78 is 0. The lowest BCUT2D eigenvalue weighted by molar-refractivity contribution is 0.633. The third-order valence-electron chi connectivity index (χ3n) is 12.3. The van der Waals surface area contributed by atoms with Crippen LogP contribution in [0.15, 0.2) is 194 Å². The fraction of sp³-hybridized carbons (Fsp3) is 0.0385. The smallest absolute Gasteiger partial charge is 0.0720 e. The zero-order valence-corrected chi connectivity index (χ0v) is 29.5. The molecule has 2 heteroatoms. The molecule has 0 unspecified atom stereocenters. The van der Waals surface area contributed by atoms with E-state index >= 15 is 0 Å². The van der Waals surface area contributed by atoms with Crippen molar-refractivity contribution in [2.24, 2.45) is 0 Å². The van der Waals surface area contributed by atoms with Gasteiger partial charge in [0.05, 0.1) is 22.3 Å². The minimum Gasteiger partial charge on any atom is -0.300 e. The largest absolute Gasteiger partial charge is 0.300 e. The van der Waals surface area contributed by atoms with Crippen LogP contribution < -0.4 is 0 Å². The summed E-state index contributed by atoms with van der Waals surface area (Å²) in [6, 6.07) is 65.9. The lowest BCUT2D eigenvalue weighted by Crippen LogP contribution is -2.43. The van der Waals surface area contributed by atoms with Crippen LogP contribution in [0.1, 0.15) is 55.6 Å². The van der Waals surface area contributed by atoms with E-state index in [4.69, 9.17) is 5.41 Å². The van der Waals surface area contributed by atoms with E-state index in [1.54, 1.807) is 12.2 Å². The highest BCUT2D eigenvalue weighted by molar-refractivity contribution is 6.18. The van der Waals surface area contributed by atoms with Crippen LogP contribution in [0.2, 0.25) is 0 Å². The topological polar surface area (TPSA) is 47.7 Å². The maximum absolute atomic E-state index is 9.23. The van der Waals surface area contributed by atoms with E-state index in [2.05, 4.69) is 158 Å². The number of hydrogen-bond acceptors (Lipinski definition) is 2. The molecule has 8 aromatic carbocycles. The number of allylic oxidation sites excluding steroid dienone is 2. The number of rotatable bonds is 4. The molecule has 0 aromatic heterocycles. The average molecular weight is 687 g/mol. The number of hydrogen-bond donors (Lipinski definition) is 2. The average Bonchev–Trinajstić information content (AvgIpc) is 3.70. The van der Waals surface area contributed by atoms with Crippen molar-refractivity contribution in [1.29, 1.82) is 10.8 Å². The van der Waals surface area contributed by atoms with Crippen LogP contribution in [0.5, 0.6) is 0 Å². The molecular weight excluding hydrogens is 653 g/mol. The zero-order valence-electron chi connectivity index (χ0n) is 29.5. The van der Waals surface area contributed by atoms with Gasteiger partial charge in [0.25, 0.3) is 0 Å². The van der Waals surface area contributed by atoms with Gasteiger partial charge in [0.1, 0.15) is 0 Å². The fourth-order valence-corrected chi connectivity index (χ4v) is 10.2. The van der Waals surface area contributed by atoms with Crippen LogP contribution in [-0.2, 0) is 10.8 Å². The Hall–Kier alpha value is -6.90. The molecule has 0 aliphatic heterocycles. The molecule has 3 aliphatic rings. The third-order valence-corrected chi connectivity index (χ3v) is 12.3. The summed E-state index contributed by atoms with van der Waals surface area (Å²) in [6.07, 6.45) is 3.53. The van der Waals surface area contributed by atoms with E-state index in [1.165, 1.54) is 61.2 Å². The summed E-state index contributed by atoms with van der Waals surface area (Å²) in [7, 11) is 0. The number of nitrogens with one attached hydrogen (secondary N) is 2. The first-order chi connectivity index (χ1) is 26.6. The molecule has 0 amide bonds. The van der Waals surface area contributed by atoms with Gasteiger partial charge in [-0.25, -0.2) is 0 Å². The van der Waals surface area contributed by atoms with Crippen molar-refractivity contribution in [1.82, 2.24) is 0 Å². The third kappa shape index (κ3) is 3.84. The van der Waals surface area contributed by atoms with Crippen LogP contribution in [0.4, 0.5) is 0 Å². The van der Waals surface area contributed by atoms with Crippen molar-refractivity contribution in [3.63, 3.8) is 0 Å². The normalized spacial score (nSPS) is 14.7. The summed E-state index contributed by atoms with van der Waals surface area (Å²) in [5.74, 6) is 0. The van der Waals surface area contributed by atoms with Gasteiger partial charge in [-0.3, -0.25) is 0 Å². The SMILES string of the molecule is N=C(/C=C\C(=N)c1cccc2ccccc12)c1ccc2c(c1)-c1ccccc1C21c2ccccc2C2(c3ccccc3-c3ccccc32)c2ccccc21. The van der Waals surface area contributed by atoms with E-state index in [9.17, 15) is 5.41 Å². The lowest BCUT2D eigenvalue weighted by Gasteiger charge is -2.48. The standard InChI is InChI=1S/C52H34N2/c53-49(30-31-50(54)39-20-13-15-33-14-1-2-16-35(33)39)34-28-29-44-40(32-34)38-19-5-8-23-43(38)52(44)47-26-11-9-24-45(47)51(46-25-10-12-27-48(46)52)41-21-6-3-17-36(41)37-18-4-7-22-42(37)51/h1-32,53-54H/b31-30-,53-49?,54-50?. The van der Waals surface area contributed by atoms with E-state index < -0.39 is 10.8 Å². The van der Waals surface area contributed by atoms with Crippen molar-refractivity contribution in [2.45, 2.75) is 10.8 Å². The molecule has 0 saturated carbocycles. The highest BCUT2D eigenvalue weighted by Gasteiger charge is 2.58. The van der Waals surface area contributed by atoms with Crippen molar-refractivity contribution in [3.05, 3.63) is 250 Å². The molecule has 2 nitrogen and oxygen atoms in total. The fourth-order valence-electron chi connectivity index (χ4n) is 10.2. The molecule has 0 atom stereocenters. The first kappa shape index (κ1) is 30.7. The molecule has 54 heavy (non-hydrogen) atoms. The van der Waals surface area contributed by atoms with Crippen LogP contribution in [0.3, 0.4) is 0 Å². The maximum atomic E-state index is 9.23. The van der Waals surface area contributed by atoms with Crippen LogP contribution >= 0.6 is 0 Å². The van der Waals surface area contributed by atoms with Gasteiger partial charge in [-0.15, -0.1) is 0 Å². The van der Waals surface area contributed by atoms with E-state index in [0.29, 0.717) is 11.4 Å². The second kappa shape index (κ2) is 11.3. The molecule has 3 aliphatic carbocycles. The molecule has 11 rings (SSSR count). The molecule has 8 aromatic rings. The Morgan fingerprint density at radius 2 is 0.759 bits per heavy atom. The number of benzene rings is 8. The first-order valence-electron chi connectivity index (χ1n) is 18.6. The predicted octanol–water partition coefficient (Wildman–Crippen LogP) is 11.9. The second-order valence-corrected chi connectivity index (χ2v) is 14.7. The minimum atomic E-state index is -0.552. The molecule has 0 saturated heterocycles. The summed E-state index contributed by atoms with van der Waals surface area (Å²) in [5.41, 5.74) is 16.8. The summed E-state index contributed by atoms with van der Waals surface area (Å²) in [6.45, 7) is 0. The van der Waals surface area contributed by atoms with E-state index in [0.717, 1.165) is 27.5 Å². The molecule has 0 radical (unpaired) electrons. The second-order valence-electron chi connectivity index (χ2n) is 14.7. The lowest BCUT2D eigenvalue weighted by atomic mass is 9.52. The first-order valence-corrected chi connectivity index (χ1v) is 18.6. The Kier molecular flexibility index (Phi) is 6.42. The van der Waals surface area contributed by atoms with Crippen molar-refractivity contribution in [2.75, 3.05) is 0 Å². The zero-order chi connectivity index (χ0) is 36.0. The van der Waals surface area contributed by atoms with Gasteiger partial charge in [-0.05, 0) is 95.8 Å². The van der Waals surface area contributed by atoms with Gasteiger partial charge in [-0.1, -0.05) is 176 Å². The highest BCUT2D eigenvalue weighted by Crippen LogP contribution is 2.67. The van der Waals surface area contributed by atoms with Crippen LogP contribution in [0, 0.1) is 10.8 Å². The highest BCUT2D eigenvalue weighted by atomic mass is 14.6. The quantitative estimate of drug-likeness (QED) is 0.173. The van der Waals surface area contributed by atoms with E-state index in [1.807, 2.05) is 24.3 Å². The van der Waals surface area contributed by atoms with Crippen LogP contribution in [-0.4, -0.2) is 11.4 Å². The molecule has 2 N–H and O–H groups in total. The van der Waals surface area contributed by atoms with Gasteiger partial charge in [0.15, 0.2) is 0 Å². The molecule has 2 spiro atoms. The molecular formula is C52H34N2. The van der Waals surface area contributed by atoms with Crippen molar-refractivity contribution < 1.29 is 0 Å². The van der Waals surface area contributed by atoms with Gasteiger partial charge < -0.3 is 10.8 Å². The summed E-state index contributed by atoms with van der Waals surface area (Å²) in [5, 5.41) is 20.3. The van der Waals surface area contributed by atoms with Gasteiger partial charge >= 0.3 is 0 Å². The predicted molar refractivity (Wildman–Crippen MR) is 221 cm³/mol. The Bertz CT molecular complexity index is 2840. The molecule has 0 heterocycles. The molecule has 252 valence electrons. The monoisotopic (exact) mass is 686 g/mol. The Balaban J connectivity index is 1.11. The maximum Gasteiger partial charge on any atom is 0.0720 e. The Morgan fingerprint density at radius 1 is 0.352 bits per heavy atom. The van der Waals surface area contributed by atoms with E-state index in [-0.39, 0.29) is 0 Å². The Labute approximate surface area is 314 Å². The number of fused-ring (bicyclic) bond motifs is 17. The van der Waals surface area contributed by atoms with Gasteiger partial charge in [0, 0.05) is 11.1 Å². The molecule has 0 fully saturated rings. The minimum absolute atomic E-state index is 0.379. The van der Waals surface area contributed by atoms with Gasteiger partial charge in [0.2, 0.25) is 0 Å². The summed E-state index contributed by atoms with van der Waals surface area (Å²) >= 11 is 0. The van der Waals surface area contributed by atoms with Crippen molar-refractivity contribution >= 4 is 22.2 Å². The van der Waals surface area contributed by atoms with Gasteiger partial charge in [-0.2, -0.15) is 0 Å². The summed E-state index contributed by atoms with van der Waals surface area (Å²) in [4.78, 5) is 0. The Morgan fingerprint density at radius 3 is 1.31 bits per heavy atom.